The molecule has 1 aromatic rings. The number of aryl methyl sites for hydroxylation is 2. The first-order chi connectivity index (χ1) is 8.43. The number of amides is 1. The van der Waals surface area contributed by atoms with Gasteiger partial charge in [0.2, 0.25) is 11.9 Å². The number of nitrogens with two attached hydrogens (primary N) is 1. The fourth-order valence-electron chi connectivity index (χ4n) is 2.23. The van der Waals surface area contributed by atoms with Gasteiger partial charge in [0.15, 0.2) is 0 Å². The van der Waals surface area contributed by atoms with Gasteiger partial charge in [0.25, 0.3) is 0 Å². The molecule has 1 aliphatic rings. The third-order valence-corrected chi connectivity index (χ3v) is 3.87. The third kappa shape index (κ3) is 2.20. The number of anilines is 1. The Balaban J connectivity index is 2.14. The van der Waals surface area contributed by atoms with Gasteiger partial charge in [-0.25, -0.2) is 4.98 Å². The number of nitrogens with zero attached hydrogens (tertiary/aromatic N) is 3. The van der Waals surface area contributed by atoms with Crippen LogP contribution < -0.4 is 11.1 Å². The first kappa shape index (κ1) is 12.9. The van der Waals surface area contributed by atoms with Gasteiger partial charge in [0.05, 0.1) is 16.8 Å². The highest BCUT2D eigenvalue weighted by atomic mass is 16.2. The molecule has 2 unspecified atom stereocenters. The molecular weight excluding hydrogens is 230 g/mol. The van der Waals surface area contributed by atoms with Gasteiger partial charge in [-0.1, -0.05) is 6.42 Å². The average molecular weight is 249 g/mol. The van der Waals surface area contributed by atoms with Crippen molar-refractivity contribution in [3.8, 4) is 0 Å². The average Bonchev–Trinajstić information content (AvgIpc) is 2.66. The first-order valence-corrected chi connectivity index (χ1v) is 6.18. The van der Waals surface area contributed by atoms with E-state index in [4.69, 9.17) is 5.73 Å². The van der Waals surface area contributed by atoms with Crippen LogP contribution in [0.25, 0.3) is 0 Å². The van der Waals surface area contributed by atoms with Crippen LogP contribution in [0.4, 0.5) is 5.95 Å². The molecule has 1 heterocycles. The van der Waals surface area contributed by atoms with Crippen molar-refractivity contribution in [2.75, 3.05) is 5.32 Å². The Kier molecular flexibility index (Phi) is 3.30. The maximum atomic E-state index is 12.2. The zero-order valence-corrected chi connectivity index (χ0v) is 11.0. The fraction of sp³-hybridized carbons (Fsp3) is 0.667. The minimum absolute atomic E-state index is 0.1000. The molecule has 1 saturated carbocycles. The van der Waals surface area contributed by atoms with Gasteiger partial charge in [0, 0.05) is 6.04 Å². The molecule has 98 valence electrons. The second kappa shape index (κ2) is 4.61. The van der Waals surface area contributed by atoms with Crippen LogP contribution in [0.5, 0.6) is 0 Å². The predicted molar refractivity (Wildman–Crippen MR) is 67.9 cm³/mol. The molecule has 1 aliphatic carbocycles. The number of nitrogens with one attached hydrogen (secondary N) is 1. The van der Waals surface area contributed by atoms with Crippen molar-refractivity contribution in [2.45, 2.75) is 46.1 Å². The Morgan fingerprint density at radius 1 is 1.39 bits per heavy atom. The monoisotopic (exact) mass is 249 g/mol. The topological polar surface area (TPSA) is 93.8 Å². The van der Waals surface area contributed by atoms with Gasteiger partial charge in [-0.3, -0.25) is 10.1 Å². The summed E-state index contributed by atoms with van der Waals surface area (Å²) in [4.78, 5) is 16.4. The Bertz CT molecular complexity index is 476. The van der Waals surface area contributed by atoms with Crippen LogP contribution >= 0.6 is 0 Å². The molecule has 0 saturated heterocycles. The molecular formula is C12H19N5O. The number of aromatic nitrogens is 3. The summed E-state index contributed by atoms with van der Waals surface area (Å²) >= 11 is 0. The van der Waals surface area contributed by atoms with Gasteiger partial charge >= 0.3 is 0 Å². The first-order valence-electron chi connectivity index (χ1n) is 6.18. The molecule has 1 aromatic heterocycles. The van der Waals surface area contributed by atoms with Crippen LogP contribution in [0.1, 0.15) is 37.6 Å². The highest BCUT2D eigenvalue weighted by Crippen LogP contribution is 2.37. The number of hydrogen-bond acceptors (Lipinski definition) is 5. The summed E-state index contributed by atoms with van der Waals surface area (Å²) in [5.74, 6) is 0.140. The van der Waals surface area contributed by atoms with Crippen LogP contribution in [0.15, 0.2) is 0 Å². The van der Waals surface area contributed by atoms with E-state index in [2.05, 4.69) is 20.5 Å². The van der Waals surface area contributed by atoms with E-state index in [1.165, 1.54) is 0 Å². The van der Waals surface area contributed by atoms with Gasteiger partial charge in [-0.05, 0) is 33.6 Å². The molecule has 0 radical (unpaired) electrons. The minimum Gasteiger partial charge on any atom is -0.327 e. The summed E-state index contributed by atoms with van der Waals surface area (Å²) in [5.41, 5.74) is 7.00. The van der Waals surface area contributed by atoms with Crippen molar-refractivity contribution >= 4 is 11.9 Å². The second-order valence-corrected chi connectivity index (χ2v) is 5.18. The Labute approximate surface area is 106 Å². The van der Waals surface area contributed by atoms with Crippen molar-refractivity contribution in [1.29, 1.82) is 0 Å². The standard InChI is InChI=1S/C12H19N5O/c1-7-8(2)16-17-11(14-7)15-10(18)12(3)6-4-5-9(12)13/h9H,4-6,13H2,1-3H3,(H,14,15,17,18). The van der Waals surface area contributed by atoms with Crippen LogP contribution in [0.3, 0.4) is 0 Å². The van der Waals surface area contributed by atoms with E-state index in [0.29, 0.717) is 0 Å². The highest BCUT2D eigenvalue weighted by molar-refractivity contribution is 5.94. The molecule has 1 fully saturated rings. The van der Waals surface area contributed by atoms with Crippen molar-refractivity contribution in [3.05, 3.63) is 11.4 Å². The molecule has 6 nitrogen and oxygen atoms in total. The Morgan fingerprint density at radius 2 is 2.11 bits per heavy atom. The number of carbonyl (C=O) groups excluding carboxylic acids is 1. The van der Waals surface area contributed by atoms with Crippen molar-refractivity contribution in [1.82, 2.24) is 15.2 Å². The summed E-state index contributed by atoms with van der Waals surface area (Å²) in [6, 6.07) is -0.1000. The molecule has 0 aliphatic heterocycles. The van der Waals surface area contributed by atoms with E-state index in [1.807, 2.05) is 20.8 Å². The molecule has 2 atom stereocenters. The SMILES string of the molecule is Cc1nnc(NC(=O)C2(C)CCCC2N)nc1C. The lowest BCUT2D eigenvalue weighted by molar-refractivity contribution is -0.125. The van der Waals surface area contributed by atoms with E-state index in [-0.39, 0.29) is 17.9 Å². The Morgan fingerprint density at radius 3 is 2.67 bits per heavy atom. The smallest absolute Gasteiger partial charge is 0.249 e. The van der Waals surface area contributed by atoms with Gasteiger partial charge < -0.3 is 5.73 Å². The van der Waals surface area contributed by atoms with Crippen LogP contribution in [-0.4, -0.2) is 27.1 Å². The van der Waals surface area contributed by atoms with Crippen LogP contribution in [0.2, 0.25) is 0 Å². The van der Waals surface area contributed by atoms with Gasteiger partial charge in [0.1, 0.15) is 0 Å². The van der Waals surface area contributed by atoms with E-state index >= 15 is 0 Å². The van der Waals surface area contributed by atoms with E-state index in [0.717, 1.165) is 30.7 Å². The normalized spacial score (nSPS) is 27.2. The van der Waals surface area contributed by atoms with E-state index in [9.17, 15) is 4.79 Å². The molecule has 0 bridgehead atoms. The fourth-order valence-corrected chi connectivity index (χ4v) is 2.23. The molecule has 18 heavy (non-hydrogen) atoms. The summed E-state index contributed by atoms with van der Waals surface area (Å²) in [6.45, 7) is 5.56. The molecule has 3 N–H and O–H groups in total. The molecule has 2 rings (SSSR count). The molecule has 6 heteroatoms. The second-order valence-electron chi connectivity index (χ2n) is 5.18. The maximum Gasteiger partial charge on any atom is 0.249 e. The van der Waals surface area contributed by atoms with Crippen molar-refractivity contribution in [2.24, 2.45) is 11.1 Å². The molecule has 0 aromatic carbocycles. The predicted octanol–water partition coefficient (Wildman–Crippen LogP) is 0.944. The van der Waals surface area contributed by atoms with Crippen molar-refractivity contribution in [3.63, 3.8) is 0 Å². The lowest BCUT2D eigenvalue weighted by Crippen LogP contribution is -2.44. The minimum atomic E-state index is -0.526. The largest absolute Gasteiger partial charge is 0.327 e. The summed E-state index contributed by atoms with van der Waals surface area (Å²) in [5, 5.41) is 10.5. The number of hydrogen-bond donors (Lipinski definition) is 2. The van der Waals surface area contributed by atoms with Crippen LogP contribution in [0, 0.1) is 19.3 Å². The molecule has 1 amide bonds. The zero-order chi connectivity index (χ0) is 13.3. The Hall–Kier alpha value is -1.56. The number of rotatable bonds is 2. The lowest BCUT2D eigenvalue weighted by Gasteiger charge is -2.26. The third-order valence-electron chi connectivity index (χ3n) is 3.87. The molecule has 0 spiro atoms. The van der Waals surface area contributed by atoms with E-state index < -0.39 is 5.41 Å². The zero-order valence-electron chi connectivity index (χ0n) is 11.0. The summed E-state index contributed by atoms with van der Waals surface area (Å²) in [6.07, 6.45) is 2.67. The highest BCUT2D eigenvalue weighted by Gasteiger charge is 2.43. The quantitative estimate of drug-likeness (QED) is 0.813. The lowest BCUT2D eigenvalue weighted by atomic mass is 9.84. The van der Waals surface area contributed by atoms with Gasteiger partial charge in [-0.2, -0.15) is 5.10 Å². The summed E-state index contributed by atoms with van der Waals surface area (Å²) < 4.78 is 0. The maximum absolute atomic E-state index is 12.2. The van der Waals surface area contributed by atoms with Crippen LogP contribution in [-0.2, 0) is 4.79 Å². The van der Waals surface area contributed by atoms with Gasteiger partial charge in [-0.15, -0.1) is 5.10 Å². The van der Waals surface area contributed by atoms with E-state index in [1.54, 1.807) is 0 Å². The number of carbonyl (C=O) groups is 1. The summed E-state index contributed by atoms with van der Waals surface area (Å²) in [7, 11) is 0. The van der Waals surface area contributed by atoms with Crippen molar-refractivity contribution < 1.29 is 4.79 Å².